The zero-order valence-corrected chi connectivity index (χ0v) is 17.8. The minimum atomic E-state index is -0.491. The summed E-state index contributed by atoms with van der Waals surface area (Å²) >= 11 is 0. The van der Waals surface area contributed by atoms with Gasteiger partial charge in [-0.3, -0.25) is 0 Å². The molecule has 0 radical (unpaired) electrons. The highest BCUT2D eigenvalue weighted by Gasteiger charge is 2.26. The molecule has 0 unspecified atom stereocenters. The summed E-state index contributed by atoms with van der Waals surface area (Å²) in [5.74, 6) is 6.25. The summed E-state index contributed by atoms with van der Waals surface area (Å²) in [6.07, 6.45) is 1.29. The molecule has 4 nitrogen and oxygen atoms in total. The Bertz CT molecular complexity index is 917. The molecule has 1 heterocycles. The first kappa shape index (κ1) is 21.7. The van der Waals surface area contributed by atoms with Gasteiger partial charge >= 0.3 is 6.09 Å². The van der Waals surface area contributed by atoms with Gasteiger partial charge in [0.25, 0.3) is 0 Å². The lowest BCUT2D eigenvalue weighted by molar-refractivity contribution is 0.0199. The van der Waals surface area contributed by atoms with E-state index >= 15 is 0 Å². The second kappa shape index (κ2) is 9.67. The van der Waals surface area contributed by atoms with Crippen molar-refractivity contribution >= 4 is 6.09 Å². The monoisotopic (exact) mass is 409 g/mol. The molecule has 30 heavy (non-hydrogen) atoms. The van der Waals surface area contributed by atoms with Gasteiger partial charge in [-0.2, -0.15) is 0 Å². The standard InChI is InChI=1S/C25H28FNO3/c1-25(2,3)30-24(28)27-15-13-19(14-16-27)9-10-20-11-12-23(22(26)17-20)29-18-21-7-5-4-6-8-21/h4-8,11-12,17,19H,13-16,18H2,1-3H3. The number of piperidine rings is 1. The van der Waals surface area contributed by atoms with E-state index in [1.807, 2.05) is 51.1 Å². The fourth-order valence-corrected chi connectivity index (χ4v) is 3.15. The highest BCUT2D eigenvalue weighted by atomic mass is 19.1. The maximum Gasteiger partial charge on any atom is 0.410 e. The first-order valence-corrected chi connectivity index (χ1v) is 10.3. The van der Waals surface area contributed by atoms with Crippen LogP contribution in [0.25, 0.3) is 0 Å². The number of hydrogen-bond donors (Lipinski definition) is 0. The minimum Gasteiger partial charge on any atom is -0.486 e. The molecular formula is C25H28FNO3. The van der Waals surface area contributed by atoms with E-state index in [9.17, 15) is 9.18 Å². The van der Waals surface area contributed by atoms with Crippen LogP contribution in [0, 0.1) is 23.6 Å². The number of carbonyl (C=O) groups is 1. The minimum absolute atomic E-state index is 0.181. The molecule has 0 spiro atoms. The van der Waals surface area contributed by atoms with Gasteiger partial charge < -0.3 is 14.4 Å². The van der Waals surface area contributed by atoms with Crippen LogP contribution in [0.15, 0.2) is 48.5 Å². The van der Waals surface area contributed by atoms with E-state index in [0.29, 0.717) is 25.3 Å². The van der Waals surface area contributed by atoms with Crippen molar-refractivity contribution in [1.82, 2.24) is 4.90 Å². The molecule has 0 aromatic heterocycles. The third-order valence-electron chi connectivity index (χ3n) is 4.74. The van der Waals surface area contributed by atoms with Gasteiger partial charge in [0.05, 0.1) is 0 Å². The molecule has 1 amide bonds. The highest BCUT2D eigenvalue weighted by molar-refractivity contribution is 5.68. The van der Waals surface area contributed by atoms with Crippen LogP contribution >= 0.6 is 0 Å². The van der Waals surface area contributed by atoms with Gasteiger partial charge in [0.2, 0.25) is 0 Å². The number of rotatable bonds is 3. The van der Waals surface area contributed by atoms with Gasteiger partial charge in [-0.05, 0) is 57.4 Å². The lowest BCUT2D eigenvalue weighted by Crippen LogP contribution is -2.41. The Balaban J connectivity index is 1.52. The zero-order chi connectivity index (χ0) is 21.6. The molecular weight excluding hydrogens is 381 g/mol. The van der Waals surface area contributed by atoms with Gasteiger partial charge in [-0.1, -0.05) is 42.2 Å². The van der Waals surface area contributed by atoms with E-state index in [-0.39, 0.29) is 17.8 Å². The molecule has 3 rings (SSSR count). The molecule has 0 N–H and O–H groups in total. The highest BCUT2D eigenvalue weighted by Crippen LogP contribution is 2.21. The molecule has 1 aliphatic heterocycles. The zero-order valence-electron chi connectivity index (χ0n) is 17.8. The maximum absolute atomic E-state index is 14.3. The molecule has 158 valence electrons. The van der Waals surface area contributed by atoms with Crippen molar-refractivity contribution in [3.8, 4) is 17.6 Å². The summed E-state index contributed by atoms with van der Waals surface area (Å²) in [5, 5.41) is 0. The van der Waals surface area contributed by atoms with E-state index < -0.39 is 11.4 Å². The molecule has 2 aromatic carbocycles. The quantitative estimate of drug-likeness (QED) is 0.637. The van der Waals surface area contributed by atoms with E-state index in [2.05, 4.69) is 11.8 Å². The molecule has 2 aromatic rings. The predicted molar refractivity (Wildman–Crippen MR) is 115 cm³/mol. The first-order chi connectivity index (χ1) is 14.3. The van der Waals surface area contributed by atoms with Crippen molar-refractivity contribution < 1.29 is 18.7 Å². The second-order valence-corrected chi connectivity index (χ2v) is 8.43. The van der Waals surface area contributed by atoms with Crippen molar-refractivity contribution in [2.75, 3.05) is 13.1 Å². The lowest BCUT2D eigenvalue weighted by Gasteiger charge is -2.31. The normalized spacial score (nSPS) is 14.6. The van der Waals surface area contributed by atoms with Crippen molar-refractivity contribution in [2.24, 2.45) is 5.92 Å². The largest absolute Gasteiger partial charge is 0.486 e. The van der Waals surface area contributed by atoms with Gasteiger partial charge in [0.1, 0.15) is 12.2 Å². The Morgan fingerprint density at radius 2 is 1.83 bits per heavy atom. The van der Waals surface area contributed by atoms with E-state index in [1.54, 1.807) is 17.0 Å². The summed E-state index contributed by atoms with van der Waals surface area (Å²) in [6.45, 7) is 7.14. The van der Waals surface area contributed by atoms with Crippen LogP contribution in [0.3, 0.4) is 0 Å². The fourth-order valence-electron chi connectivity index (χ4n) is 3.15. The number of carbonyl (C=O) groups excluding carboxylic acids is 1. The smallest absolute Gasteiger partial charge is 0.410 e. The topological polar surface area (TPSA) is 38.8 Å². The molecule has 1 fully saturated rings. The molecule has 1 saturated heterocycles. The number of likely N-dealkylation sites (tertiary alicyclic amines) is 1. The fraction of sp³-hybridized carbons (Fsp3) is 0.400. The predicted octanol–water partition coefficient (Wildman–Crippen LogP) is 5.40. The Morgan fingerprint density at radius 1 is 1.13 bits per heavy atom. The molecule has 0 bridgehead atoms. The van der Waals surface area contributed by atoms with Gasteiger partial charge in [-0.15, -0.1) is 0 Å². The molecule has 0 saturated carbocycles. The van der Waals surface area contributed by atoms with Crippen molar-refractivity contribution in [3.05, 3.63) is 65.5 Å². The maximum atomic E-state index is 14.3. The van der Waals surface area contributed by atoms with Crippen LogP contribution in [0.1, 0.15) is 44.7 Å². The average Bonchev–Trinajstić information content (AvgIpc) is 2.71. The Labute approximate surface area is 178 Å². The van der Waals surface area contributed by atoms with Crippen LogP contribution in [-0.2, 0) is 11.3 Å². The Hall–Kier alpha value is -3.00. The second-order valence-electron chi connectivity index (χ2n) is 8.43. The van der Waals surface area contributed by atoms with E-state index in [4.69, 9.17) is 9.47 Å². The number of nitrogens with zero attached hydrogens (tertiary/aromatic N) is 1. The van der Waals surface area contributed by atoms with Gasteiger partial charge in [-0.25, -0.2) is 9.18 Å². The van der Waals surface area contributed by atoms with Gasteiger partial charge in [0, 0.05) is 24.6 Å². The van der Waals surface area contributed by atoms with Crippen molar-refractivity contribution in [2.45, 2.75) is 45.8 Å². The van der Waals surface area contributed by atoms with Crippen LogP contribution < -0.4 is 4.74 Å². The summed E-state index contributed by atoms with van der Waals surface area (Å²) in [6, 6.07) is 14.4. The average molecular weight is 410 g/mol. The molecule has 0 aliphatic carbocycles. The number of hydrogen-bond acceptors (Lipinski definition) is 3. The Kier molecular flexibility index (Phi) is 6.99. The third-order valence-corrected chi connectivity index (χ3v) is 4.74. The Morgan fingerprint density at radius 3 is 2.47 bits per heavy atom. The number of ether oxygens (including phenoxy) is 2. The van der Waals surface area contributed by atoms with Gasteiger partial charge in [0.15, 0.2) is 11.6 Å². The first-order valence-electron chi connectivity index (χ1n) is 10.3. The summed E-state index contributed by atoms with van der Waals surface area (Å²) in [7, 11) is 0. The molecule has 5 heteroatoms. The van der Waals surface area contributed by atoms with E-state index in [1.165, 1.54) is 6.07 Å². The van der Waals surface area contributed by atoms with E-state index in [0.717, 1.165) is 18.4 Å². The molecule has 1 aliphatic rings. The SMILES string of the molecule is CC(C)(C)OC(=O)N1CCC(C#Cc2ccc(OCc3ccccc3)c(F)c2)CC1. The molecule has 0 atom stereocenters. The number of benzene rings is 2. The summed E-state index contributed by atoms with van der Waals surface area (Å²) in [4.78, 5) is 13.9. The van der Waals surface area contributed by atoms with Crippen LogP contribution in [0.4, 0.5) is 9.18 Å². The number of halogens is 1. The third kappa shape index (κ3) is 6.52. The van der Waals surface area contributed by atoms with Crippen molar-refractivity contribution in [1.29, 1.82) is 0 Å². The summed E-state index contributed by atoms with van der Waals surface area (Å²) in [5.41, 5.74) is 1.11. The number of amides is 1. The van der Waals surface area contributed by atoms with Crippen LogP contribution in [0.2, 0.25) is 0 Å². The van der Waals surface area contributed by atoms with Crippen LogP contribution in [-0.4, -0.2) is 29.7 Å². The lowest BCUT2D eigenvalue weighted by atomic mass is 9.97. The van der Waals surface area contributed by atoms with Crippen molar-refractivity contribution in [3.63, 3.8) is 0 Å². The van der Waals surface area contributed by atoms with Crippen LogP contribution in [0.5, 0.6) is 5.75 Å². The summed E-state index contributed by atoms with van der Waals surface area (Å²) < 4.78 is 25.3.